The molecule has 2 aromatic carbocycles. The van der Waals surface area contributed by atoms with Crippen molar-refractivity contribution in [3.8, 4) is 0 Å². The van der Waals surface area contributed by atoms with Gasteiger partial charge in [-0.2, -0.15) is 0 Å². The van der Waals surface area contributed by atoms with Gasteiger partial charge < -0.3 is 31.1 Å². The first-order valence-corrected chi connectivity index (χ1v) is 20.3. The Morgan fingerprint density at radius 1 is 0.706 bits per heavy atom. The number of piperidine rings is 1. The van der Waals surface area contributed by atoms with Gasteiger partial charge in [0.15, 0.2) is 0 Å². The van der Waals surface area contributed by atoms with E-state index < -0.39 is 17.7 Å². The van der Waals surface area contributed by atoms with Crippen LogP contribution in [0.2, 0.25) is 0 Å². The van der Waals surface area contributed by atoms with Crippen molar-refractivity contribution in [2.75, 3.05) is 19.7 Å². The zero-order valence-electron chi connectivity index (χ0n) is 31.3. The fourth-order valence-corrected chi connectivity index (χ4v) is 9.11. The van der Waals surface area contributed by atoms with Crippen LogP contribution in [0, 0.1) is 0 Å². The number of allylic oxidation sites excluding steroid dienone is 2. The maximum Gasteiger partial charge on any atom is 0.510 e. The molecule has 0 aliphatic carbocycles. The van der Waals surface area contributed by atoms with Crippen LogP contribution >= 0.6 is 0 Å². The molecule has 0 amide bonds. The maximum absolute atomic E-state index is 14.5. The summed E-state index contributed by atoms with van der Waals surface area (Å²) in [5.41, 5.74) is -0.626. The van der Waals surface area contributed by atoms with E-state index in [-0.39, 0.29) is 25.1 Å². The number of unbranched alkanes of at least 4 members (excludes halogenated alkanes) is 12. The Morgan fingerprint density at radius 3 is 1.73 bits per heavy atom. The van der Waals surface area contributed by atoms with Gasteiger partial charge in [-0.25, -0.2) is 9.59 Å². The smallest absolute Gasteiger partial charge is 0.510 e. The third-order valence-corrected chi connectivity index (χ3v) is 11.8. The molecule has 2 atom stereocenters. The second kappa shape index (κ2) is 21.6. The van der Waals surface area contributed by atoms with Gasteiger partial charge in [-0.3, -0.25) is 0 Å². The fourth-order valence-electron chi connectivity index (χ4n) is 9.11. The molecule has 3 aliphatic rings. The number of nitrogens with zero attached hydrogens (tertiary/aromatic N) is 1. The van der Waals surface area contributed by atoms with Gasteiger partial charge in [-0.05, 0) is 32.1 Å². The van der Waals surface area contributed by atoms with Crippen molar-refractivity contribution in [2.24, 2.45) is 0 Å². The molecule has 0 aromatic heterocycles. The number of hydrogen-bond donors (Lipinski definition) is 0. The van der Waals surface area contributed by atoms with E-state index in [4.69, 9.17) is 14.2 Å². The van der Waals surface area contributed by atoms with Crippen molar-refractivity contribution in [3.05, 3.63) is 83.9 Å². The minimum absolute atomic E-state index is 0. The monoisotopic (exact) mass is 721 g/mol. The summed E-state index contributed by atoms with van der Waals surface area (Å²) in [6, 6.07) is 19.7. The summed E-state index contributed by atoms with van der Waals surface area (Å²) in [4.78, 5) is 27.9. The van der Waals surface area contributed by atoms with E-state index in [9.17, 15) is 9.59 Å². The topological polar surface area (TPSA) is 61.8 Å². The lowest BCUT2D eigenvalue weighted by molar-refractivity contribution is -0.956. The Balaban J connectivity index is 0.00000583. The number of rotatable bonds is 21. The number of carbonyl (C=O) groups excluding carboxylic acids is 2. The number of hydrogen-bond acceptors (Lipinski definition) is 5. The summed E-state index contributed by atoms with van der Waals surface area (Å²) in [5.74, 6) is -0.539. The highest BCUT2D eigenvalue weighted by molar-refractivity contribution is 5.88. The molecule has 3 fully saturated rings. The average molecular weight is 722 g/mol. The van der Waals surface area contributed by atoms with E-state index >= 15 is 0 Å². The Bertz CT molecular complexity index is 1260. The molecule has 51 heavy (non-hydrogen) atoms. The first-order chi connectivity index (χ1) is 24.6. The zero-order chi connectivity index (χ0) is 34.9. The maximum atomic E-state index is 14.5. The van der Waals surface area contributed by atoms with Crippen LogP contribution in [0.1, 0.15) is 146 Å². The molecule has 7 heteroatoms. The van der Waals surface area contributed by atoms with Gasteiger partial charge in [0.05, 0.1) is 31.8 Å². The van der Waals surface area contributed by atoms with E-state index in [1.165, 1.54) is 114 Å². The van der Waals surface area contributed by atoms with Crippen LogP contribution in [0.4, 0.5) is 4.79 Å². The number of ether oxygens (including phenoxy) is 3. The van der Waals surface area contributed by atoms with Crippen LogP contribution in [0.25, 0.3) is 0 Å². The van der Waals surface area contributed by atoms with Gasteiger partial charge in [0, 0.05) is 49.7 Å². The van der Waals surface area contributed by atoms with E-state index in [2.05, 4.69) is 19.1 Å². The molecule has 1 spiro atoms. The lowest BCUT2D eigenvalue weighted by atomic mass is 9.85. The molecule has 0 N–H and O–H groups in total. The molecule has 3 aliphatic heterocycles. The number of benzene rings is 2. The van der Waals surface area contributed by atoms with Crippen LogP contribution < -0.4 is 12.4 Å². The lowest BCUT2D eigenvalue weighted by Crippen LogP contribution is -3.00. The summed E-state index contributed by atoms with van der Waals surface area (Å²) < 4.78 is 19.4. The van der Waals surface area contributed by atoms with Crippen LogP contribution in [0.5, 0.6) is 0 Å². The molecule has 3 heterocycles. The molecule has 0 saturated carbocycles. The molecular weight excluding hydrogens is 658 g/mol. The molecule has 2 bridgehead atoms. The third-order valence-electron chi connectivity index (χ3n) is 11.8. The molecule has 2 aromatic rings. The Kier molecular flexibility index (Phi) is 17.4. The Labute approximate surface area is 314 Å². The highest BCUT2D eigenvalue weighted by Crippen LogP contribution is 2.47. The first-order valence-electron chi connectivity index (χ1n) is 20.3. The first kappa shape index (κ1) is 40.9. The minimum Gasteiger partial charge on any atom is -1.00 e. The van der Waals surface area contributed by atoms with Crippen LogP contribution in [-0.4, -0.2) is 54.5 Å². The van der Waals surface area contributed by atoms with Crippen LogP contribution in [-0.2, 0) is 24.6 Å². The van der Waals surface area contributed by atoms with Gasteiger partial charge in [0.25, 0.3) is 5.60 Å². The third kappa shape index (κ3) is 11.1. The number of esters is 1. The Morgan fingerprint density at radius 2 is 1.20 bits per heavy atom. The molecule has 282 valence electrons. The predicted molar refractivity (Wildman–Crippen MR) is 201 cm³/mol. The molecule has 6 nitrogen and oxygen atoms in total. The molecular formula is C44H64ClNO5. The molecule has 0 radical (unpaired) electrons. The summed E-state index contributed by atoms with van der Waals surface area (Å²) >= 11 is 0. The van der Waals surface area contributed by atoms with Crippen molar-refractivity contribution in [2.45, 2.75) is 159 Å². The number of halogens is 1. The largest absolute Gasteiger partial charge is 1.00 e. The molecule has 3 saturated heterocycles. The second-order valence-electron chi connectivity index (χ2n) is 15.2. The summed E-state index contributed by atoms with van der Waals surface area (Å²) in [6.07, 6.45) is 27.5. The number of carbonyl (C=O) groups is 2. The number of quaternary nitrogens is 1. The van der Waals surface area contributed by atoms with E-state index in [0.717, 1.165) is 32.1 Å². The SMILES string of the molecule is CCCCCCCC/C=C\CCCCCCCCOC(=O)OC(C(=O)OC1CC2CCC(C1)[N+]21CCCC1)(c1ccccc1)c1ccccc1.[Cl-]. The summed E-state index contributed by atoms with van der Waals surface area (Å²) in [7, 11) is 0. The summed E-state index contributed by atoms with van der Waals surface area (Å²) in [6.45, 7) is 5.06. The second-order valence-corrected chi connectivity index (χ2v) is 15.2. The van der Waals surface area contributed by atoms with Gasteiger partial charge >= 0.3 is 12.1 Å². The van der Waals surface area contributed by atoms with E-state index in [0.29, 0.717) is 23.2 Å². The standard InChI is InChI=1S/C44H64NO5.ClH/c1-2-3-4-5-6-7-8-9-10-11-12-13-14-15-16-25-34-48-43(47)50-44(37-26-19-17-20-27-37,38-28-21-18-22-29-38)42(46)49-41-35-39-30-31-40(36-41)45(39)32-23-24-33-45;/h9-10,17-22,26-29,39-41H,2-8,11-16,23-25,30-36H2,1H3;1H/q+1;/p-1/b10-9-;. The van der Waals surface area contributed by atoms with Gasteiger partial charge in [0.2, 0.25) is 0 Å². The van der Waals surface area contributed by atoms with Gasteiger partial charge in [-0.15, -0.1) is 0 Å². The normalized spacial score (nSPS) is 20.7. The Hall–Kier alpha value is -2.83. The van der Waals surface area contributed by atoms with Crippen molar-refractivity contribution >= 4 is 12.1 Å². The average Bonchev–Trinajstić information content (AvgIpc) is 3.69. The van der Waals surface area contributed by atoms with Crippen LogP contribution in [0.15, 0.2) is 72.8 Å². The van der Waals surface area contributed by atoms with Gasteiger partial charge in [-0.1, -0.05) is 138 Å². The predicted octanol–water partition coefficient (Wildman–Crippen LogP) is 7.97. The highest BCUT2D eigenvalue weighted by Gasteiger charge is 2.57. The van der Waals surface area contributed by atoms with Crippen LogP contribution in [0.3, 0.4) is 0 Å². The summed E-state index contributed by atoms with van der Waals surface area (Å²) in [5, 5.41) is 0. The fraction of sp³-hybridized carbons (Fsp3) is 0.636. The quantitative estimate of drug-likeness (QED) is 0.0567. The van der Waals surface area contributed by atoms with E-state index in [1.54, 1.807) is 0 Å². The van der Waals surface area contributed by atoms with E-state index in [1.807, 2.05) is 60.7 Å². The minimum atomic E-state index is -1.75. The highest BCUT2D eigenvalue weighted by atomic mass is 35.5. The molecule has 5 rings (SSSR count). The van der Waals surface area contributed by atoms with Gasteiger partial charge in [0.1, 0.15) is 6.10 Å². The van der Waals surface area contributed by atoms with Crippen molar-refractivity contribution in [1.82, 2.24) is 0 Å². The zero-order valence-corrected chi connectivity index (χ0v) is 32.0. The van der Waals surface area contributed by atoms with Crippen molar-refractivity contribution < 1.29 is 40.7 Å². The van der Waals surface area contributed by atoms with Crippen molar-refractivity contribution in [3.63, 3.8) is 0 Å². The van der Waals surface area contributed by atoms with Crippen molar-refractivity contribution in [1.29, 1.82) is 0 Å². The molecule has 2 unspecified atom stereocenters. The lowest BCUT2D eigenvalue weighted by Gasteiger charge is -2.47.